The molecular formula is C16H14FN5O4. The van der Waals surface area contributed by atoms with Gasteiger partial charge in [-0.3, -0.25) is 28.1 Å². The molecule has 0 aliphatic heterocycles. The molecule has 0 aliphatic rings. The number of rotatable bonds is 3. The Morgan fingerprint density at radius 3 is 2.54 bits per heavy atom. The Kier molecular flexibility index (Phi) is 4.03. The second-order valence-corrected chi connectivity index (χ2v) is 5.73. The molecule has 0 amide bonds. The fourth-order valence-electron chi connectivity index (χ4n) is 2.60. The minimum absolute atomic E-state index is 0.128. The van der Waals surface area contributed by atoms with Crippen molar-refractivity contribution >= 4 is 22.5 Å². The lowest BCUT2D eigenvalue weighted by molar-refractivity contribution is 0.0968. The first-order valence-electron chi connectivity index (χ1n) is 7.45. The van der Waals surface area contributed by atoms with Gasteiger partial charge in [0.1, 0.15) is 17.2 Å². The average Bonchev–Trinajstić information content (AvgIpc) is 2.61. The quantitative estimate of drug-likeness (QED) is 0.623. The minimum atomic E-state index is -0.848. The number of benzene rings is 1. The van der Waals surface area contributed by atoms with Gasteiger partial charge in [-0.1, -0.05) is 0 Å². The first-order chi connectivity index (χ1) is 12.2. The van der Waals surface area contributed by atoms with Gasteiger partial charge in [-0.05, 0) is 12.1 Å². The number of halogens is 1. The van der Waals surface area contributed by atoms with Crippen LogP contribution in [0.15, 0.2) is 38.9 Å². The zero-order valence-electron chi connectivity index (χ0n) is 13.9. The molecular weight excluding hydrogens is 345 g/mol. The van der Waals surface area contributed by atoms with Crippen molar-refractivity contribution in [3.05, 3.63) is 67.1 Å². The molecule has 0 atom stereocenters. The molecule has 0 radical (unpaired) electrons. The minimum Gasteiger partial charge on any atom is -0.384 e. The average molecular weight is 359 g/mol. The van der Waals surface area contributed by atoms with Crippen molar-refractivity contribution in [3.63, 3.8) is 0 Å². The third-order valence-corrected chi connectivity index (χ3v) is 4.09. The third kappa shape index (κ3) is 2.61. The summed E-state index contributed by atoms with van der Waals surface area (Å²) in [6.07, 6.45) is 1.09. The van der Waals surface area contributed by atoms with E-state index in [1.165, 1.54) is 20.2 Å². The number of nitrogens with two attached hydrogens (primary N) is 1. The summed E-state index contributed by atoms with van der Waals surface area (Å²) >= 11 is 0. The van der Waals surface area contributed by atoms with Crippen molar-refractivity contribution in [2.45, 2.75) is 6.54 Å². The number of nitrogen functional groups attached to an aromatic ring is 1. The fraction of sp³-hybridized carbons (Fsp3) is 0.188. The van der Waals surface area contributed by atoms with E-state index in [9.17, 15) is 23.6 Å². The molecule has 2 N–H and O–H groups in total. The van der Waals surface area contributed by atoms with E-state index in [1.807, 2.05) is 0 Å². The molecule has 0 aliphatic carbocycles. The number of carbonyl (C=O) groups excluding carboxylic acids is 1. The standard InChI is InChI=1S/C16H14FN5O4/c1-20-13(18)12(15(25)21(2)16(20)26)11(23)6-22-7-19-10-5-8(17)3-4-9(10)14(22)24/h3-5,7H,6,18H2,1-2H3. The van der Waals surface area contributed by atoms with Crippen molar-refractivity contribution in [2.24, 2.45) is 14.1 Å². The lowest BCUT2D eigenvalue weighted by atomic mass is 10.2. The Morgan fingerprint density at radius 2 is 1.85 bits per heavy atom. The smallest absolute Gasteiger partial charge is 0.332 e. The van der Waals surface area contributed by atoms with E-state index in [0.29, 0.717) is 0 Å². The van der Waals surface area contributed by atoms with Crippen molar-refractivity contribution in [1.82, 2.24) is 18.7 Å². The van der Waals surface area contributed by atoms with Crippen molar-refractivity contribution in [3.8, 4) is 0 Å². The number of ketones is 1. The predicted molar refractivity (Wildman–Crippen MR) is 91.6 cm³/mol. The van der Waals surface area contributed by atoms with Gasteiger partial charge in [-0.2, -0.15) is 0 Å². The molecule has 1 aromatic carbocycles. The zero-order chi connectivity index (χ0) is 19.2. The SMILES string of the molecule is Cn1c(N)c(C(=O)Cn2cnc3cc(F)ccc3c2=O)c(=O)n(C)c1=O. The summed E-state index contributed by atoms with van der Waals surface area (Å²) in [4.78, 5) is 53.0. The highest BCUT2D eigenvalue weighted by atomic mass is 19.1. The van der Waals surface area contributed by atoms with E-state index < -0.39 is 35.0 Å². The van der Waals surface area contributed by atoms with Crippen LogP contribution in [0.2, 0.25) is 0 Å². The lowest BCUT2D eigenvalue weighted by Crippen LogP contribution is -2.42. The number of anilines is 1. The maximum absolute atomic E-state index is 13.2. The molecule has 134 valence electrons. The van der Waals surface area contributed by atoms with Gasteiger partial charge in [-0.15, -0.1) is 0 Å². The number of hydrogen-bond donors (Lipinski definition) is 1. The normalized spacial score (nSPS) is 11.0. The first kappa shape index (κ1) is 17.3. The van der Waals surface area contributed by atoms with Crippen LogP contribution >= 0.6 is 0 Å². The van der Waals surface area contributed by atoms with Crippen molar-refractivity contribution in [2.75, 3.05) is 5.73 Å². The number of aromatic nitrogens is 4. The molecule has 0 fully saturated rings. The summed E-state index contributed by atoms with van der Waals surface area (Å²) in [5, 5.41) is 0.128. The van der Waals surface area contributed by atoms with Gasteiger partial charge in [-0.25, -0.2) is 14.2 Å². The Bertz CT molecular complexity index is 1240. The Balaban J connectivity index is 2.10. The molecule has 0 bridgehead atoms. The van der Waals surface area contributed by atoms with Crippen LogP contribution in [-0.4, -0.2) is 24.5 Å². The van der Waals surface area contributed by atoms with Crippen LogP contribution in [0, 0.1) is 5.82 Å². The number of fused-ring (bicyclic) bond motifs is 1. The predicted octanol–water partition coefficient (Wildman–Crippen LogP) is -0.602. The van der Waals surface area contributed by atoms with E-state index in [4.69, 9.17) is 5.73 Å². The molecule has 9 nitrogen and oxygen atoms in total. The second kappa shape index (κ2) is 6.06. The summed E-state index contributed by atoms with van der Waals surface area (Å²) in [5.41, 5.74) is 3.41. The highest BCUT2D eigenvalue weighted by Gasteiger charge is 2.21. The van der Waals surface area contributed by atoms with Gasteiger partial charge in [0.05, 0.1) is 23.8 Å². The lowest BCUT2D eigenvalue weighted by Gasteiger charge is -2.11. The fourth-order valence-corrected chi connectivity index (χ4v) is 2.60. The monoisotopic (exact) mass is 359 g/mol. The van der Waals surface area contributed by atoms with Gasteiger partial charge in [0.25, 0.3) is 11.1 Å². The summed E-state index contributed by atoms with van der Waals surface area (Å²) in [6.45, 7) is -0.503. The van der Waals surface area contributed by atoms with E-state index in [0.717, 1.165) is 32.2 Å². The summed E-state index contributed by atoms with van der Waals surface area (Å²) in [7, 11) is 2.55. The van der Waals surface area contributed by atoms with Crippen LogP contribution in [0.25, 0.3) is 10.9 Å². The van der Waals surface area contributed by atoms with Gasteiger partial charge >= 0.3 is 5.69 Å². The second-order valence-electron chi connectivity index (χ2n) is 5.73. The maximum atomic E-state index is 13.2. The molecule has 3 rings (SSSR count). The van der Waals surface area contributed by atoms with E-state index in [1.54, 1.807) is 0 Å². The van der Waals surface area contributed by atoms with Crippen LogP contribution in [-0.2, 0) is 20.6 Å². The maximum Gasteiger partial charge on any atom is 0.332 e. The van der Waals surface area contributed by atoms with E-state index >= 15 is 0 Å². The molecule has 2 aromatic heterocycles. The van der Waals surface area contributed by atoms with Gasteiger partial charge in [0, 0.05) is 20.2 Å². The molecule has 0 unspecified atom stereocenters. The highest BCUT2D eigenvalue weighted by molar-refractivity contribution is 5.99. The van der Waals surface area contributed by atoms with Gasteiger partial charge < -0.3 is 5.73 Å². The highest BCUT2D eigenvalue weighted by Crippen LogP contribution is 2.09. The van der Waals surface area contributed by atoms with Gasteiger partial charge in [0.15, 0.2) is 5.78 Å². The number of carbonyl (C=O) groups is 1. The number of nitrogens with zero attached hydrogens (tertiary/aromatic N) is 4. The molecule has 0 spiro atoms. The van der Waals surface area contributed by atoms with Crippen LogP contribution < -0.4 is 22.5 Å². The molecule has 0 saturated carbocycles. The summed E-state index contributed by atoms with van der Waals surface area (Å²) in [6, 6.07) is 3.47. The van der Waals surface area contributed by atoms with Crippen LogP contribution in [0.5, 0.6) is 0 Å². The van der Waals surface area contributed by atoms with Gasteiger partial charge in [0.2, 0.25) is 0 Å². The topological polar surface area (TPSA) is 122 Å². The summed E-state index contributed by atoms with van der Waals surface area (Å²) < 4.78 is 15.9. The third-order valence-electron chi connectivity index (χ3n) is 4.09. The van der Waals surface area contributed by atoms with Crippen molar-refractivity contribution < 1.29 is 9.18 Å². The number of Topliss-reactive ketones (excluding diaryl/α,β-unsaturated/α-hetero) is 1. The van der Waals surface area contributed by atoms with E-state index in [-0.39, 0.29) is 22.3 Å². The van der Waals surface area contributed by atoms with Crippen LogP contribution in [0.3, 0.4) is 0 Å². The molecule has 2 heterocycles. The van der Waals surface area contributed by atoms with Crippen LogP contribution in [0.1, 0.15) is 10.4 Å². The Hall–Kier alpha value is -3.56. The number of hydrogen-bond acceptors (Lipinski definition) is 6. The Morgan fingerprint density at radius 1 is 1.15 bits per heavy atom. The largest absolute Gasteiger partial charge is 0.384 e. The molecule has 10 heteroatoms. The molecule has 0 saturated heterocycles. The molecule has 3 aromatic rings. The van der Waals surface area contributed by atoms with E-state index in [2.05, 4.69) is 4.98 Å². The first-order valence-corrected chi connectivity index (χ1v) is 7.45. The summed E-state index contributed by atoms with van der Waals surface area (Å²) in [5.74, 6) is -1.57. The van der Waals surface area contributed by atoms with Crippen molar-refractivity contribution in [1.29, 1.82) is 0 Å². The molecule has 26 heavy (non-hydrogen) atoms. The van der Waals surface area contributed by atoms with Crippen LogP contribution in [0.4, 0.5) is 10.2 Å². The Labute approximate surface area is 144 Å². The zero-order valence-corrected chi connectivity index (χ0v) is 13.9.